The number of halogens is 3. The van der Waals surface area contributed by atoms with Crippen LogP contribution in [0.5, 0.6) is 0 Å². The third-order valence-corrected chi connectivity index (χ3v) is 6.72. The Bertz CT molecular complexity index is 1220. The number of alkyl halides is 3. The second-order valence-corrected chi connectivity index (χ2v) is 9.00. The second kappa shape index (κ2) is 7.88. The molecule has 32 heavy (non-hydrogen) atoms. The maximum atomic E-state index is 13.5. The molecular formula is C21H20F3N5O2S. The molecule has 1 saturated carbocycles. The Morgan fingerprint density at radius 2 is 1.91 bits per heavy atom. The number of nitrogens with one attached hydrogen (secondary N) is 1. The number of amides is 1. The average Bonchev–Trinajstić information content (AvgIpc) is 3.31. The molecule has 5 rings (SSSR count). The topological polar surface area (TPSA) is 80.1 Å². The third kappa shape index (κ3) is 3.85. The quantitative estimate of drug-likeness (QED) is 0.627. The fourth-order valence-corrected chi connectivity index (χ4v) is 5.05. The Morgan fingerprint density at radius 3 is 2.59 bits per heavy atom. The molecule has 2 aliphatic rings. The Kier molecular flexibility index (Phi) is 5.15. The van der Waals surface area contributed by atoms with Crippen LogP contribution in [-0.2, 0) is 17.5 Å². The zero-order valence-electron chi connectivity index (χ0n) is 16.9. The normalized spacial score (nSPS) is 19.0. The monoisotopic (exact) mass is 463 g/mol. The lowest BCUT2D eigenvalue weighted by molar-refractivity contribution is -0.148. The number of hydrogen-bond donors (Lipinski definition) is 1. The van der Waals surface area contributed by atoms with Gasteiger partial charge in [-0.2, -0.15) is 13.2 Å². The van der Waals surface area contributed by atoms with Crippen LogP contribution in [0.3, 0.4) is 0 Å². The van der Waals surface area contributed by atoms with Crippen molar-refractivity contribution >= 4 is 32.7 Å². The Hall–Kier alpha value is -2.95. The molecule has 0 bridgehead atoms. The van der Waals surface area contributed by atoms with Gasteiger partial charge in [-0.15, -0.1) is 0 Å². The maximum Gasteiger partial charge on any atom is 0.449 e. The van der Waals surface area contributed by atoms with Crippen molar-refractivity contribution in [1.82, 2.24) is 19.9 Å². The Morgan fingerprint density at radius 1 is 1.16 bits per heavy atom. The zero-order valence-corrected chi connectivity index (χ0v) is 17.7. The number of fused-ring (bicyclic) bond motifs is 1. The SMILES string of the molecule is O=C(NCc1ccccc1)C1CCCN1c1nc2c(=O)n(C3CC3)c(C(F)(F)F)nc2s1. The van der Waals surface area contributed by atoms with E-state index >= 15 is 0 Å². The number of nitrogens with zero attached hydrogens (tertiary/aromatic N) is 4. The molecule has 1 aliphatic carbocycles. The van der Waals surface area contributed by atoms with E-state index in [0.717, 1.165) is 27.9 Å². The molecule has 1 atom stereocenters. The molecule has 1 saturated heterocycles. The highest BCUT2D eigenvalue weighted by molar-refractivity contribution is 7.21. The fraction of sp³-hybridized carbons (Fsp3) is 0.429. The molecule has 3 aromatic rings. The predicted molar refractivity (Wildman–Crippen MR) is 114 cm³/mol. The van der Waals surface area contributed by atoms with Gasteiger partial charge in [0, 0.05) is 19.1 Å². The van der Waals surface area contributed by atoms with Crippen LogP contribution in [0.25, 0.3) is 10.3 Å². The summed E-state index contributed by atoms with van der Waals surface area (Å²) in [7, 11) is 0. The number of rotatable bonds is 5. The van der Waals surface area contributed by atoms with Gasteiger partial charge in [0.2, 0.25) is 11.7 Å². The smallest absolute Gasteiger partial charge is 0.350 e. The van der Waals surface area contributed by atoms with E-state index in [0.29, 0.717) is 37.5 Å². The molecule has 2 aromatic heterocycles. The number of aromatic nitrogens is 3. The zero-order chi connectivity index (χ0) is 22.5. The molecular weight excluding hydrogens is 443 g/mol. The van der Waals surface area contributed by atoms with Crippen molar-refractivity contribution in [2.24, 2.45) is 0 Å². The van der Waals surface area contributed by atoms with E-state index in [4.69, 9.17) is 0 Å². The molecule has 1 aromatic carbocycles. The first-order chi connectivity index (χ1) is 15.3. The van der Waals surface area contributed by atoms with Crippen LogP contribution in [0.15, 0.2) is 35.1 Å². The molecule has 0 radical (unpaired) electrons. The second-order valence-electron chi connectivity index (χ2n) is 8.04. The molecule has 1 N–H and O–H groups in total. The van der Waals surface area contributed by atoms with Gasteiger partial charge in [0.05, 0.1) is 0 Å². The summed E-state index contributed by atoms with van der Waals surface area (Å²) in [5.41, 5.74) is 0.131. The fourth-order valence-electron chi connectivity index (χ4n) is 4.04. The molecule has 1 unspecified atom stereocenters. The number of hydrogen-bond acceptors (Lipinski definition) is 6. The standard InChI is InChI=1S/C21H20F3N5O2S/c22-21(23,24)19-27-17-15(18(31)29(19)13-8-9-13)26-20(32-17)28-10-4-7-14(28)16(30)25-11-12-5-2-1-3-6-12/h1-3,5-6,13-14H,4,7-11H2,(H,25,30). The molecule has 1 aliphatic heterocycles. The summed E-state index contributed by atoms with van der Waals surface area (Å²) in [6.07, 6.45) is -2.35. The van der Waals surface area contributed by atoms with E-state index in [9.17, 15) is 22.8 Å². The summed E-state index contributed by atoms with van der Waals surface area (Å²) >= 11 is 0.926. The van der Waals surface area contributed by atoms with Crippen LogP contribution in [0.1, 0.15) is 43.1 Å². The van der Waals surface area contributed by atoms with Crippen molar-refractivity contribution in [2.45, 2.75) is 50.5 Å². The maximum absolute atomic E-state index is 13.5. The highest BCUT2D eigenvalue weighted by Crippen LogP contribution is 2.40. The van der Waals surface area contributed by atoms with E-state index in [2.05, 4.69) is 15.3 Å². The van der Waals surface area contributed by atoms with Gasteiger partial charge in [0.25, 0.3) is 5.56 Å². The van der Waals surface area contributed by atoms with Gasteiger partial charge in [-0.05, 0) is 31.2 Å². The van der Waals surface area contributed by atoms with Crippen molar-refractivity contribution in [1.29, 1.82) is 0 Å². The number of thiazole rings is 1. The van der Waals surface area contributed by atoms with E-state index in [1.54, 1.807) is 4.90 Å². The molecule has 7 nitrogen and oxygen atoms in total. The molecule has 1 amide bonds. The molecule has 11 heteroatoms. The highest BCUT2D eigenvalue weighted by atomic mass is 32.1. The minimum Gasteiger partial charge on any atom is -0.350 e. The predicted octanol–water partition coefficient (Wildman–Crippen LogP) is 3.49. The first-order valence-corrected chi connectivity index (χ1v) is 11.2. The minimum absolute atomic E-state index is 0.0513. The van der Waals surface area contributed by atoms with Gasteiger partial charge in [0.15, 0.2) is 15.5 Å². The number of anilines is 1. The van der Waals surface area contributed by atoms with E-state index in [-0.39, 0.29) is 16.3 Å². The minimum atomic E-state index is -4.73. The summed E-state index contributed by atoms with van der Waals surface area (Å²) in [4.78, 5) is 35.5. The van der Waals surface area contributed by atoms with Gasteiger partial charge in [0.1, 0.15) is 6.04 Å². The van der Waals surface area contributed by atoms with Crippen LogP contribution in [-0.4, -0.2) is 33.0 Å². The summed E-state index contributed by atoms with van der Waals surface area (Å²) < 4.78 is 41.4. The van der Waals surface area contributed by atoms with E-state index < -0.39 is 29.6 Å². The lowest BCUT2D eigenvalue weighted by Crippen LogP contribution is -2.43. The van der Waals surface area contributed by atoms with Crippen LogP contribution < -0.4 is 15.8 Å². The summed E-state index contributed by atoms with van der Waals surface area (Å²) in [5, 5.41) is 3.26. The molecule has 168 valence electrons. The van der Waals surface area contributed by atoms with Crippen LogP contribution >= 0.6 is 11.3 Å². The van der Waals surface area contributed by atoms with Crippen molar-refractivity contribution in [2.75, 3.05) is 11.4 Å². The molecule has 2 fully saturated rings. The van der Waals surface area contributed by atoms with E-state index in [1.165, 1.54) is 0 Å². The highest BCUT2D eigenvalue weighted by Gasteiger charge is 2.42. The number of benzene rings is 1. The van der Waals surface area contributed by atoms with Crippen LogP contribution in [0.2, 0.25) is 0 Å². The summed E-state index contributed by atoms with van der Waals surface area (Å²) in [5.74, 6) is -1.35. The third-order valence-electron chi connectivity index (χ3n) is 5.73. The van der Waals surface area contributed by atoms with Gasteiger partial charge in [-0.3, -0.25) is 14.2 Å². The van der Waals surface area contributed by atoms with Crippen molar-refractivity contribution in [3.05, 3.63) is 52.1 Å². The van der Waals surface area contributed by atoms with Crippen LogP contribution in [0.4, 0.5) is 18.3 Å². The largest absolute Gasteiger partial charge is 0.449 e. The lowest BCUT2D eigenvalue weighted by Gasteiger charge is -2.23. The number of carbonyl (C=O) groups is 1. The Balaban J connectivity index is 1.44. The van der Waals surface area contributed by atoms with Crippen molar-refractivity contribution in [3.8, 4) is 0 Å². The van der Waals surface area contributed by atoms with E-state index in [1.807, 2.05) is 30.3 Å². The van der Waals surface area contributed by atoms with Crippen LogP contribution in [0, 0.1) is 0 Å². The average molecular weight is 463 g/mol. The van der Waals surface area contributed by atoms with Crippen molar-refractivity contribution in [3.63, 3.8) is 0 Å². The summed E-state index contributed by atoms with van der Waals surface area (Å²) in [6, 6.07) is 8.52. The van der Waals surface area contributed by atoms with Gasteiger partial charge in [-0.25, -0.2) is 9.97 Å². The van der Waals surface area contributed by atoms with Crippen molar-refractivity contribution < 1.29 is 18.0 Å². The van der Waals surface area contributed by atoms with Gasteiger partial charge < -0.3 is 10.2 Å². The first-order valence-electron chi connectivity index (χ1n) is 10.4. The van der Waals surface area contributed by atoms with Gasteiger partial charge >= 0.3 is 6.18 Å². The molecule has 3 heterocycles. The first kappa shape index (κ1) is 20.9. The number of carbonyl (C=O) groups excluding carboxylic acids is 1. The molecule has 0 spiro atoms. The van der Waals surface area contributed by atoms with Gasteiger partial charge in [-0.1, -0.05) is 41.7 Å². The Labute approximate surface area is 184 Å². The summed E-state index contributed by atoms with van der Waals surface area (Å²) in [6.45, 7) is 0.915. The lowest BCUT2D eigenvalue weighted by atomic mass is 10.2.